The van der Waals surface area contributed by atoms with E-state index in [2.05, 4.69) is 15.7 Å². The molecule has 9 nitrogen and oxygen atoms in total. The molecule has 0 aliphatic carbocycles. The van der Waals surface area contributed by atoms with Gasteiger partial charge in [0, 0.05) is 37.5 Å². The quantitative estimate of drug-likeness (QED) is 0.649. The number of hydrogen-bond acceptors (Lipinski definition) is 5. The van der Waals surface area contributed by atoms with Gasteiger partial charge in [-0.15, -0.1) is 0 Å². The summed E-state index contributed by atoms with van der Waals surface area (Å²) >= 11 is 0. The van der Waals surface area contributed by atoms with E-state index in [9.17, 15) is 19.7 Å². The van der Waals surface area contributed by atoms with Crippen LogP contribution in [0.2, 0.25) is 0 Å². The van der Waals surface area contributed by atoms with E-state index in [1.165, 1.54) is 36.1 Å². The van der Waals surface area contributed by atoms with Crippen molar-refractivity contribution in [3.8, 4) is 0 Å². The highest BCUT2D eigenvalue weighted by Crippen LogP contribution is 2.20. The third-order valence-corrected chi connectivity index (χ3v) is 3.17. The first kappa shape index (κ1) is 16.1. The number of rotatable bonds is 4. The predicted molar refractivity (Wildman–Crippen MR) is 82.4 cm³/mol. The van der Waals surface area contributed by atoms with Crippen molar-refractivity contribution >= 4 is 23.2 Å². The van der Waals surface area contributed by atoms with Crippen LogP contribution >= 0.6 is 0 Å². The van der Waals surface area contributed by atoms with Crippen LogP contribution < -0.4 is 10.6 Å². The Bertz CT molecular complexity index is 796. The normalized spacial score (nSPS) is 10.2. The van der Waals surface area contributed by atoms with Gasteiger partial charge in [0.1, 0.15) is 0 Å². The Labute approximate surface area is 131 Å². The van der Waals surface area contributed by atoms with E-state index in [4.69, 9.17) is 0 Å². The summed E-state index contributed by atoms with van der Waals surface area (Å²) in [5, 5.41) is 19.8. The molecule has 2 aromatic rings. The van der Waals surface area contributed by atoms with Gasteiger partial charge in [0.2, 0.25) is 0 Å². The summed E-state index contributed by atoms with van der Waals surface area (Å²) in [6.45, 7) is 1.55. The first-order valence-electron chi connectivity index (χ1n) is 6.65. The summed E-state index contributed by atoms with van der Waals surface area (Å²) in [5.41, 5.74) is 0.906. The van der Waals surface area contributed by atoms with Gasteiger partial charge in [0.25, 0.3) is 17.5 Å². The molecule has 0 atom stereocenters. The van der Waals surface area contributed by atoms with Crippen LogP contribution in [-0.2, 0) is 7.05 Å². The van der Waals surface area contributed by atoms with Gasteiger partial charge in [-0.1, -0.05) is 0 Å². The highest BCUT2D eigenvalue weighted by molar-refractivity contribution is 6.08. The zero-order valence-electron chi connectivity index (χ0n) is 12.8. The average molecular weight is 317 g/mol. The lowest BCUT2D eigenvalue weighted by atomic mass is 10.1. The molecule has 0 saturated heterocycles. The Hall–Kier alpha value is -3.23. The minimum absolute atomic E-state index is 0.0611. The summed E-state index contributed by atoms with van der Waals surface area (Å²) < 4.78 is 1.40. The van der Waals surface area contributed by atoms with Gasteiger partial charge in [0.05, 0.1) is 10.6 Å². The van der Waals surface area contributed by atoms with Crippen LogP contribution in [0.25, 0.3) is 0 Å². The maximum atomic E-state index is 12.3. The lowest BCUT2D eigenvalue weighted by Gasteiger charge is -2.06. The maximum Gasteiger partial charge on any atom is 0.273 e. The number of carbonyl (C=O) groups is 2. The molecule has 2 rings (SSSR count). The van der Waals surface area contributed by atoms with Gasteiger partial charge in [-0.25, -0.2) is 0 Å². The average Bonchev–Trinajstić information content (AvgIpc) is 2.86. The standard InChI is InChI=1S/C14H15N5O4/c1-8-6-9(4-5-11(8)19(22)23)13(20)16-10-7-18(3)17-12(10)14(21)15-2/h4-7H,1-3H3,(H,15,21)(H,16,20). The number of benzene rings is 1. The van der Waals surface area contributed by atoms with E-state index in [0.29, 0.717) is 5.56 Å². The van der Waals surface area contributed by atoms with Crippen molar-refractivity contribution in [3.05, 3.63) is 51.3 Å². The predicted octanol–water partition coefficient (Wildman–Crippen LogP) is 1.25. The number of amides is 2. The fourth-order valence-electron chi connectivity index (χ4n) is 2.06. The molecule has 0 radical (unpaired) electrons. The van der Waals surface area contributed by atoms with Crippen LogP contribution in [-0.4, -0.2) is 33.6 Å². The zero-order valence-corrected chi connectivity index (χ0v) is 12.8. The molecule has 0 unspecified atom stereocenters. The molecule has 0 bridgehead atoms. The molecule has 9 heteroatoms. The molecule has 0 aliphatic heterocycles. The minimum Gasteiger partial charge on any atom is -0.354 e. The van der Waals surface area contributed by atoms with E-state index < -0.39 is 16.7 Å². The zero-order chi connectivity index (χ0) is 17.1. The van der Waals surface area contributed by atoms with Crippen molar-refractivity contribution in [2.45, 2.75) is 6.92 Å². The van der Waals surface area contributed by atoms with E-state index in [-0.39, 0.29) is 22.6 Å². The van der Waals surface area contributed by atoms with Crippen molar-refractivity contribution in [1.29, 1.82) is 0 Å². The van der Waals surface area contributed by atoms with Crippen LogP contribution in [0.1, 0.15) is 26.4 Å². The number of hydrogen-bond donors (Lipinski definition) is 2. The number of aromatic nitrogens is 2. The van der Waals surface area contributed by atoms with Crippen LogP contribution in [0.15, 0.2) is 24.4 Å². The second-order valence-corrected chi connectivity index (χ2v) is 4.86. The molecule has 120 valence electrons. The van der Waals surface area contributed by atoms with Gasteiger partial charge in [-0.05, 0) is 19.1 Å². The number of nitro benzene ring substituents is 1. The third-order valence-electron chi connectivity index (χ3n) is 3.17. The number of carbonyl (C=O) groups excluding carboxylic acids is 2. The van der Waals surface area contributed by atoms with E-state index in [1.807, 2.05) is 0 Å². The van der Waals surface area contributed by atoms with E-state index in [1.54, 1.807) is 14.0 Å². The minimum atomic E-state index is -0.512. The van der Waals surface area contributed by atoms with Crippen molar-refractivity contribution in [1.82, 2.24) is 15.1 Å². The van der Waals surface area contributed by atoms with Gasteiger partial charge in [0.15, 0.2) is 5.69 Å². The van der Waals surface area contributed by atoms with Gasteiger partial charge < -0.3 is 10.6 Å². The molecule has 0 saturated carbocycles. The Morgan fingerprint density at radius 2 is 2.00 bits per heavy atom. The SMILES string of the molecule is CNC(=O)c1nn(C)cc1NC(=O)c1ccc([N+](=O)[O-])c(C)c1. The Morgan fingerprint density at radius 1 is 1.30 bits per heavy atom. The summed E-state index contributed by atoms with van der Waals surface area (Å²) in [4.78, 5) is 34.3. The van der Waals surface area contributed by atoms with Crippen molar-refractivity contribution in [3.63, 3.8) is 0 Å². The second kappa shape index (κ2) is 6.26. The van der Waals surface area contributed by atoms with Crippen molar-refractivity contribution in [2.75, 3.05) is 12.4 Å². The van der Waals surface area contributed by atoms with Crippen LogP contribution in [0.4, 0.5) is 11.4 Å². The van der Waals surface area contributed by atoms with Gasteiger partial charge in [-0.3, -0.25) is 24.4 Å². The first-order chi connectivity index (χ1) is 10.8. The first-order valence-corrected chi connectivity index (χ1v) is 6.65. The topological polar surface area (TPSA) is 119 Å². The number of anilines is 1. The van der Waals surface area contributed by atoms with Gasteiger partial charge >= 0.3 is 0 Å². The van der Waals surface area contributed by atoms with Crippen LogP contribution in [0.3, 0.4) is 0 Å². The molecule has 1 aromatic heterocycles. The largest absolute Gasteiger partial charge is 0.354 e. The second-order valence-electron chi connectivity index (χ2n) is 4.86. The fraction of sp³-hybridized carbons (Fsp3) is 0.214. The van der Waals surface area contributed by atoms with Crippen LogP contribution in [0.5, 0.6) is 0 Å². The van der Waals surface area contributed by atoms with Crippen molar-refractivity contribution < 1.29 is 14.5 Å². The third kappa shape index (κ3) is 3.34. The monoisotopic (exact) mass is 317 g/mol. The smallest absolute Gasteiger partial charge is 0.273 e. The van der Waals surface area contributed by atoms with Gasteiger partial charge in [-0.2, -0.15) is 5.10 Å². The Kier molecular flexibility index (Phi) is 4.39. The molecule has 2 amide bonds. The molecule has 0 fully saturated rings. The Balaban J connectivity index is 2.28. The summed E-state index contributed by atoms with van der Waals surface area (Å²) in [6, 6.07) is 4.05. The number of nitrogens with one attached hydrogen (secondary N) is 2. The molecule has 2 N–H and O–H groups in total. The fourth-order valence-corrected chi connectivity index (χ4v) is 2.06. The molecular weight excluding hydrogens is 302 g/mol. The molecule has 23 heavy (non-hydrogen) atoms. The maximum absolute atomic E-state index is 12.3. The molecule has 1 aromatic carbocycles. The number of nitro groups is 1. The molecule has 0 spiro atoms. The number of aryl methyl sites for hydroxylation is 2. The Morgan fingerprint density at radius 3 is 2.57 bits per heavy atom. The molecule has 1 heterocycles. The molecular formula is C14H15N5O4. The number of nitrogens with zero attached hydrogens (tertiary/aromatic N) is 3. The lowest BCUT2D eigenvalue weighted by Crippen LogP contribution is -2.21. The summed E-state index contributed by atoms with van der Waals surface area (Å²) in [6.07, 6.45) is 1.50. The van der Waals surface area contributed by atoms with Crippen molar-refractivity contribution in [2.24, 2.45) is 7.05 Å². The van der Waals surface area contributed by atoms with Crippen LogP contribution in [0, 0.1) is 17.0 Å². The van der Waals surface area contributed by atoms with E-state index in [0.717, 1.165) is 0 Å². The summed E-state index contributed by atoms with van der Waals surface area (Å²) in [5.74, 6) is -0.915. The highest BCUT2D eigenvalue weighted by Gasteiger charge is 2.19. The van der Waals surface area contributed by atoms with E-state index >= 15 is 0 Å². The highest BCUT2D eigenvalue weighted by atomic mass is 16.6. The molecule has 0 aliphatic rings. The summed E-state index contributed by atoms with van der Waals surface area (Å²) in [7, 11) is 3.08. The lowest BCUT2D eigenvalue weighted by molar-refractivity contribution is -0.385.